The van der Waals surface area contributed by atoms with Crippen LogP contribution in [0, 0.1) is 5.92 Å². The predicted molar refractivity (Wildman–Crippen MR) is 77.6 cm³/mol. The van der Waals surface area contributed by atoms with Crippen LogP contribution in [0.4, 0.5) is 0 Å². The van der Waals surface area contributed by atoms with Crippen molar-refractivity contribution in [2.24, 2.45) is 5.92 Å². The van der Waals surface area contributed by atoms with E-state index in [1.807, 2.05) is 24.5 Å². The Labute approximate surface area is 123 Å². The number of hydrogen-bond donors (Lipinski definition) is 2. The molecule has 1 fully saturated rings. The zero-order valence-electron chi connectivity index (χ0n) is 11.7. The first kappa shape index (κ1) is 15.2. The van der Waals surface area contributed by atoms with Crippen molar-refractivity contribution in [2.75, 3.05) is 6.61 Å². The molecule has 0 aromatic carbocycles. The van der Waals surface area contributed by atoms with Gasteiger partial charge in [-0.25, -0.2) is 4.98 Å². The molecule has 2 atom stereocenters. The lowest BCUT2D eigenvalue weighted by Gasteiger charge is -2.21. The van der Waals surface area contributed by atoms with Crippen molar-refractivity contribution in [1.82, 2.24) is 14.5 Å². The van der Waals surface area contributed by atoms with Crippen LogP contribution in [0.25, 0.3) is 11.4 Å². The third-order valence-corrected chi connectivity index (χ3v) is 3.82. The van der Waals surface area contributed by atoms with E-state index in [2.05, 4.69) is 14.5 Å². The molecular formula is C15H19N3O3. The Morgan fingerprint density at radius 3 is 2.67 bits per heavy atom. The molecule has 0 bridgehead atoms. The van der Waals surface area contributed by atoms with Gasteiger partial charge in [-0.3, -0.25) is 9.78 Å². The molecule has 0 aliphatic heterocycles. The van der Waals surface area contributed by atoms with Gasteiger partial charge in [-0.1, -0.05) is 6.42 Å². The van der Waals surface area contributed by atoms with E-state index in [0.717, 1.165) is 24.2 Å². The number of rotatable bonds is 3. The Hall–Kier alpha value is -2.21. The molecular weight excluding hydrogens is 270 g/mol. The third kappa shape index (κ3) is 3.46. The third-order valence-electron chi connectivity index (χ3n) is 3.82. The zero-order valence-corrected chi connectivity index (χ0v) is 11.7. The lowest BCUT2D eigenvalue weighted by molar-refractivity contribution is -0.122. The Balaban J connectivity index is 0.000000497. The van der Waals surface area contributed by atoms with Crippen molar-refractivity contribution in [1.29, 1.82) is 0 Å². The molecule has 0 unspecified atom stereocenters. The van der Waals surface area contributed by atoms with Crippen LogP contribution in [-0.4, -0.2) is 37.8 Å². The molecule has 2 aromatic rings. The van der Waals surface area contributed by atoms with Crippen molar-refractivity contribution < 1.29 is 15.0 Å². The summed E-state index contributed by atoms with van der Waals surface area (Å²) in [5.74, 6) is 1.34. The predicted octanol–water partition coefficient (Wildman–Crippen LogP) is 1.98. The number of aliphatic hydroxyl groups is 1. The summed E-state index contributed by atoms with van der Waals surface area (Å²) in [7, 11) is 0. The molecule has 1 aliphatic rings. The van der Waals surface area contributed by atoms with E-state index in [9.17, 15) is 5.11 Å². The van der Waals surface area contributed by atoms with Crippen molar-refractivity contribution in [3.63, 3.8) is 0 Å². The fraction of sp³-hybridized carbons (Fsp3) is 0.400. The SMILES string of the molecule is O=CO.OC[C@@H]1CCC[C@@H]1n1ccnc1-c1ccncc1. The molecule has 1 saturated carbocycles. The largest absolute Gasteiger partial charge is 0.483 e. The van der Waals surface area contributed by atoms with Crippen LogP contribution in [0.1, 0.15) is 25.3 Å². The maximum atomic E-state index is 9.45. The quantitative estimate of drug-likeness (QED) is 0.843. The number of aliphatic hydroxyl groups excluding tert-OH is 1. The van der Waals surface area contributed by atoms with Gasteiger partial charge >= 0.3 is 0 Å². The molecule has 21 heavy (non-hydrogen) atoms. The minimum atomic E-state index is -0.250. The van der Waals surface area contributed by atoms with Gasteiger partial charge in [-0.15, -0.1) is 0 Å². The molecule has 2 N–H and O–H groups in total. The van der Waals surface area contributed by atoms with Gasteiger partial charge < -0.3 is 14.8 Å². The van der Waals surface area contributed by atoms with E-state index < -0.39 is 0 Å². The van der Waals surface area contributed by atoms with E-state index in [4.69, 9.17) is 9.90 Å². The van der Waals surface area contributed by atoms with Crippen molar-refractivity contribution in [3.05, 3.63) is 36.9 Å². The Morgan fingerprint density at radius 2 is 2.00 bits per heavy atom. The molecule has 6 heteroatoms. The summed E-state index contributed by atoms with van der Waals surface area (Å²) in [5, 5.41) is 16.3. The lowest BCUT2D eigenvalue weighted by Crippen LogP contribution is -2.17. The average Bonchev–Trinajstić information content (AvgIpc) is 3.17. The van der Waals surface area contributed by atoms with Gasteiger partial charge in [0.05, 0.1) is 0 Å². The molecule has 0 saturated heterocycles. The van der Waals surface area contributed by atoms with E-state index >= 15 is 0 Å². The number of aromatic nitrogens is 3. The van der Waals surface area contributed by atoms with E-state index in [1.54, 1.807) is 12.4 Å². The van der Waals surface area contributed by atoms with Crippen LogP contribution in [-0.2, 0) is 4.79 Å². The Bertz CT molecular complexity index is 556. The summed E-state index contributed by atoms with van der Waals surface area (Å²) in [4.78, 5) is 16.9. The minimum absolute atomic E-state index is 0.250. The fourth-order valence-corrected chi connectivity index (χ4v) is 2.90. The summed E-state index contributed by atoms with van der Waals surface area (Å²) < 4.78 is 2.21. The van der Waals surface area contributed by atoms with Crippen LogP contribution in [0.5, 0.6) is 0 Å². The summed E-state index contributed by atoms with van der Waals surface area (Å²) in [6.07, 6.45) is 10.8. The second-order valence-electron chi connectivity index (χ2n) is 4.94. The van der Waals surface area contributed by atoms with Crippen LogP contribution in [0.3, 0.4) is 0 Å². The number of hydrogen-bond acceptors (Lipinski definition) is 4. The number of carbonyl (C=O) groups is 1. The highest BCUT2D eigenvalue weighted by Gasteiger charge is 2.29. The highest BCUT2D eigenvalue weighted by atomic mass is 16.3. The standard InChI is InChI=1S/C14H17N3O.CH2O2/c18-10-12-2-1-3-13(12)17-9-8-16-14(17)11-4-6-15-7-5-11;2-1-3/h4-9,12-13,18H,1-3,10H2;1H,(H,2,3)/t12-,13-;/m0./s1. The summed E-state index contributed by atoms with van der Waals surface area (Å²) in [5.41, 5.74) is 1.08. The normalized spacial score (nSPS) is 20.6. The van der Waals surface area contributed by atoms with Crippen molar-refractivity contribution >= 4 is 6.47 Å². The molecule has 6 nitrogen and oxygen atoms in total. The Kier molecular flexibility index (Phi) is 5.45. The smallest absolute Gasteiger partial charge is 0.290 e. The highest BCUT2D eigenvalue weighted by molar-refractivity contribution is 5.54. The number of carboxylic acid groups (broad SMARTS) is 1. The maximum Gasteiger partial charge on any atom is 0.290 e. The van der Waals surface area contributed by atoms with Crippen LogP contribution < -0.4 is 0 Å². The van der Waals surface area contributed by atoms with Gasteiger partial charge in [0, 0.05) is 48.9 Å². The average molecular weight is 289 g/mol. The molecule has 0 radical (unpaired) electrons. The molecule has 2 heterocycles. The summed E-state index contributed by atoms with van der Waals surface area (Å²) in [6, 6.07) is 4.32. The summed E-state index contributed by atoms with van der Waals surface area (Å²) >= 11 is 0. The lowest BCUT2D eigenvalue weighted by atomic mass is 10.0. The highest BCUT2D eigenvalue weighted by Crippen LogP contribution is 2.37. The molecule has 2 aromatic heterocycles. The van der Waals surface area contributed by atoms with E-state index in [1.165, 1.54) is 6.42 Å². The van der Waals surface area contributed by atoms with Crippen LogP contribution >= 0.6 is 0 Å². The minimum Gasteiger partial charge on any atom is -0.483 e. The summed E-state index contributed by atoms with van der Waals surface area (Å²) in [6.45, 7) is 0.0125. The topological polar surface area (TPSA) is 88.2 Å². The first-order valence-corrected chi connectivity index (χ1v) is 6.93. The van der Waals surface area contributed by atoms with Gasteiger partial charge in [-0.05, 0) is 25.0 Å². The van der Waals surface area contributed by atoms with E-state index in [-0.39, 0.29) is 13.1 Å². The molecule has 0 spiro atoms. The maximum absolute atomic E-state index is 9.45. The Morgan fingerprint density at radius 1 is 1.29 bits per heavy atom. The van der Waals surface area contributed by atoms with Gasteiger partial charge in [-0.2, -0.15) is 0 Å². The van der Waals surface area contributed by atoms with Crippen molar-refractivity contribution in [3.8, 4) is 11.4 Å². The molecule has 3 rings (SSSR count). The first-order valence-electron chi connectivity index (χ1n) is 6.93. The second-order valence-corrected chi connectivity index (χ2v) is 4.94. The number of nitrogens with zero attached hydrogens (tertiary/aromatic N) is 3. The molecule has 0 amide bonds. The van der Waals surface area contributed by atoms with Gasteiger partial charge in [0.25, 0.3) is 6.47 Å². The van der Waals surface area contributed by atoms with Gasteiger partial charge in [0.2, 0.25) is 0 Å². The van der Waals surface area contributed by atoms with Crippen LogP contribution in [0.15, 0.2) is 36.9 Å². The molecule has 112 valence electrons. The first-order chi connectivity index (χ1) is 10.3. The second kappa shape index (κ2) is 7.54. The van der Waals surface area contributed by atoms with Gasteiger partial charge in [0.1, 0.15) is 5.82 Å². The fourth-order valence-electron chi connectivity index (χ4n) is 2.90. The monoisotopic (exact) mass is 289 g/mol. The van der Waals surface area contributed by atoms with Gasteiger partial charge in [0.15, 0.2) is 0 Å². The zero-order chi connectivity index (χ0) is 15.1. The molecule has 1 aliphatic carbocycles. The number of imidazole rings is 1. The number of pyridine rings is 1. The van der Waals surface area contributed by atoms with Crippen LogP contribution in [0.2, 0.25) is 0 Å². The van der Waals surface area contributed by atoms with E-state index in [0.29, 0.717) is 12.0 Å². The van der Waals surface area contributed by atoms with Crippen molar-refractivity contribution in [2.45, 2.75) is 25.3 Å².